The van der Waals surface area contributed by atoms with E-state index in [1.54, 1.807) is 36.4 Å². The first kappa shape index (κ1) is 26.5. The fourth-order valence-corrected chi connectivity index (χ4v) is 3.17. The minimum Gasteiger partial charge on any atom is -0.505 e. The first-order valence-electron chi connectivity index (χ1n) is 9.03. The van der Waals surface area contributed by atoms with E-state index < -0.39 is 21.0 Å². The molecule has 0 spiro atoms. The van der Waals surface area contributed by atoms with Crippen molar-refractivity contribution < 1.29 is 31.7 Å². The van der Waals surface area contributed by atoms with E-state index in [-0.39, 0.29) is 16.3 Å². The highest BCUT2D eigenvalue weighted by atomic mass is 32.3. The molecule has 170 valence electrons. The average Bonchev–Trinajstić information content (AvgIpc) is 2.67. The minimum atomic E-state index is -4.08. The quantitative estimate of drug-likeness (QED) is 0.219. The number of azo groups is 1. The van der Waals surface area contributed by atoms with Gasteiger partial charge in [0.05, 0.1) is 16.8 Å². The highest BCUT2D eigenvalue weighted by Crippen LogP contribution is 2.54. The molecule has 31 heavy (non-hydrogen) atoms. The van der Waals surface area contributed by atoms with Crippen LogP contribution in [0.15, 0.2) is 69.7 Å². The fraction of sp³-hybridized carbons (Fsp3) is 0.200. The first-order valence-corrected chi connectivity index (χ1v) is 12.4. The van der Waals surface area contributed by atoms with Crippen molar-refractivity contribution in [1.29, 1.82) is 0 Å². The van der Waals surface area contributed by atoms with E-state index >= 15 is 0 Å². The molecule has 0 aromatic heterocycles. The lowest BCUT2D eigenvalue weighted by atomic mass is 10.0. The maximum absolute atomic E-state index is 10.6. The van der Waals surface area contributed by atoms with Gasteiger partial charge in [0.1, 0.15) is 16.6 Å². The third kappa shape index (κ3) is 8.25. The zero-order valence-corrected chi connectivity index (χ0v) is 19.1. The second-order valence-electron chi connectivity index (χ2n) is 6.03. The third-order valence-corrected chi connectivity index (χ3v) is 4.50. The summed E-state index contributed by atoms with van der Waals surface area (Å²) in [6, 6.07) is 15.5. The van der Waals surface area contributed by atoms with E-state index in [2.05, 4.69) is 10.2 Å². The first-order chi connectivity index (χ1) is 14.4. The maximum Gasteiger partial charge on any atom is 0.261 e. The Morgan fingerprint density at radius 2 is 1.39 bits per heavy atom. The Hall–Kier alpha value is -2.54. The lowest BCUT2D eigenvalue weighted by molar-refractivity contribution is 0.375. The van der Waals surface area contributed by atoms with E-state index in [0.29, 0.717) is 22.7 Å². The number of nitrogens with zero attached hydrogens (tertiary/aromatic N) is 2. The third-order valence-electron chi connectivity index (χ3n) is 3.60. The van der Waals surface area contributed by atoms with Crippen LogP contribution in [-0.2, 0) is 10.1 Å². The number of hydrogen-bond donors (Lipinski definition) is 5. The van der Waals surface area contributed by atoms with E-state index in [9.17, 15) is 27.2 Å². The summed E-state index contributed by atoms with van der Waals surface area (Å²) in [5, 5.41) is 19.6. The monoisotopic (exact) mass is 470 g/mol. The van der Waals surface area contributed by atoms with Crippen molar-refractivity contribution in [1.82, 2.24) is 0 Å². The Labute approximate surface area is 183 Å². The van der Waals surface area contributed by atoms with Gasteiger partial charge < -0.3 is 18.8 Å². The Balaban J connectivity index is 0.000000605. The number of phenols is 1. The van der Waals surface area contributed by atoms with Crippen molar-refractivity contribution in [3.8, 4) is 5.75 Å². The average molecular weight is 471 g/mol. The van der Waals surface area contributed by atoms with Crippen LogP contribution in [0.5, 0.6) is 5.75 Å². The molecule has 0 heterocycles. The summed E-state index contributed by atoms with van der Waals surface area (Å²) in [7, 11) is -7.75. The van der Waals surface area contributed by atoms with E-state index in [0.717, 1.165) is 5.56 Å². The van der Waals surface area contributed by atoms with Crippen LogP contribution in [0.25, 0.3) is 10.8 Å². The van der Waals surface area contributed by atoms with Crippen molar-refractivity contribution in [3.63, 3.8) is 0 Å². The van der Waals surface area contributed by atoms with Crippen LogP contribution in [0.1, 0.15) is 19.4 Å². The van der Waals surface area contributed by atoms with E-state index in [1.807, 2.05) is 32.9 Å². The predicted octanol–water partition coefficient (Wildman–Crippen LogP) is 6.38. The lowest BCUT2D eigenvalue weighted by Crippen LogP contribution is -1.97. The van der Waals surface area contributed by atoms with Gasteiger partial charge in [-0.1, -0.05) is 50.2 Å². The van der Waals surface area contributed by atoms with Crippen LogP contribution in [0.3, 0.4) is 0 Å². The lowest BCUT2D eigenvalue weighted by Gasteiger charge is -2.22. The molecule has 0 saturated carbocycles. The normalized spacial score (nSPS) is 12.0. The molecule has 0 radical (unpaired) electrons. The van der Waals surface area contributed by atoms with E-state index in [4.69, 9.17) is 4.55 Å². The maximum atomic E-state index is 10.6. The summed E-state index contributed by atoms with van der Waals surface area (Å²) in [5.41, 5.74) is 1.16. The number of benzene rings is 3. The highest BCUT2D eigenvalue weighted by molar-refractivity contribution is 8.19. The number of aromatic hydroxyl groups is 1. The molecular weight excluding hydrogens is 444 g/mol. The number of rotatable bonds is 3. The van der Waals surface area contributed by atoms with Gasteiger partial charge in [-0.15, -0.1) is 5.11 Å². The van der Waals surface area contributed by atoms with Gasteiger partial charge in [0.15, 0.2) is 5.75 Å². The molecule has 3 aromatic rings. The molecule has 0 aliphatic carbocycles. The smallest absolute Gasteiger partial charge is 0.261 e. The van der Waals surface area contributed by atoms with Gasteiger partial charge in [-0.05, 0) is 36.1 Å². The molecule has 0 bridgehead atoms. The SMILES string of the molecule is CC.CS(=O)(=O)O.Cc1cccc2cc(S(O)(O)O)c(N=Nc3ccccc3)c(O)c12. The van der Waals surface area contributed by atoms with Gasteiger partial charge in [-0.3, -0.25) is 4.55 Å². The Morgan fingerprint density at radius 3 is 1.90 bits per heavy atom. The molecule has 0 aliphatic rings. The van der Waals surface area contributed by atoms with Gasteiger partial charge in [0, 0.05) is 5.39 Å². The molecule has 0 atom stereocenters. The van der Waals surface area contributed by atoms with Gasteiger partial charge in [0.2, 0.25) is 0 Å². The Kier molecular flexibility index (Phi) is 9.56. The van der Waals surface area contributed by atoms with E-state index in [1.165, 1.54) is 6.07 Å². The molecule has 0 saturated heterocycles. The number of fused-ring (bicyclic) bond motifs is 1. The Morgan fingerprint density at radius 1 is 0.839 bits per heavy atom. The zero-order chi connectivity index (χ0) is 23.8. The molecule has 5 N–H and O–H groups in total. The number of phenolic OH excluding ortho intramolecular Hbond substituents is 1. The summed E-state index contributed by atoms with van der Waals surface area (Å²) in [4.78, 5) is -0.266. The van der Waals surface area contributed by atoms with Crippen LogP contribution in [0, 0.1) is 6.92 Å². The Bertz CT molecular complexity index is 1140. The fourth-order valence-electron chi connectivity index (χ4n) is 2.49. The summed E-state index contributed by atoms with van der Waals surface area (Å²) < 4.78 is 55.0. The van der Waals surface area contributed by atoms with Crippen LogP contribution in [0.2, 0.25) is 0 Å². The van der Waals surface area contributed by atoms with Crippen molar-refractivity contribution in [2.24, 2.45) is 10.2 Å². The van der Waals surface area contributed by atoms with Crippen LogP contribution < -0.4 is 0 Å². The van der Waals surface area contributed by atoms with Crippen LogP contribution in [0.4, 0.5) is 11.4 Å². The van der Waals surface area contributed by atoms with Crippen LogP contribution >= 0.6 is 10.9 Å². The van der Waals surface area contributed by atoms with Crippen LogP contribution in [-0.4, -0.2) is 38.0 Å². The molecule has 3 rings (SSSR count). The topological polar surface area (TPSA) is 160 Å². The number of hydrogen-bond acceptors (Lipinski definition) is 8. The second-order valence-corrected chi connectivity index (χ2v) is 8.98. The molecule has 0 fully saturated rings. The highest BCUT2D eigenvalue weighted by Gasteiger charge is 2.25. The van der Waals surface area contributed by atoms with Gasteiger partial charge in [-0.2, -0.15) is 13.5 Å². The van der Waals surface area contributed by atoms with Gasteiger partial charge in [0.25, 0.3) is 10.1 Å². The molecule has 11 heteroatoms. The molecular formula is C20H26N2O7S2. The van der Waals surface area contributed by atoms with Crippen molar-refractivity contribution in [3.05, 3.63) is 60.2 Å². The largest absolute Gasteiger partial charge is 0.505 e. The molecule has 0 amide bonds. The van der Waals surface area contributed by atoms with Gasteiger partial charge in [-0.25, -0.2) is 0 Å². The second kappa shape index (κ2) is 11.2. The summed E-state index contributed by atoms with van der Waals surface area (Å²) in [6.07, 6.45) is 0.715. The molecule has 9 nitrogen and oxygen atoms in total. The van der Waals surface area contributed by atoms with Crippen molar-refractivity contribution in [2.45, 2.75) is 25.7 Å². The summed E-state index contributed by atoms with van der Waals surface area (Å²) in [5.74, 6) is -0.255. The number of aryl methyl sites for hydroxylation is 1. The van der Waals surface area contributed by atoms with Crippen molar-refractivity contribution >= 4 is 43.1 Å². The zero-order valence-electron chi connectivity index (χ0n) is 17.5. The molecule has 0 aliphatic heterocycles. The minimum absolute atomic E-state index is 0.164. The summed E-state index contributed by atoms with van der Waals surface area (Å²) in [6.45, 7) is 5.82. The van der Waals surface area contributed by atoms with Gasteiger partial charge >= 0.3 is 0 Å². The summed E-state index contributed by atoms with van der Waals surface area (Å²) >= 11 is 0. The predicted molar refractivity (Wildman–Crippen MR) is 124 cm³/mol. The molecule has 0 unspecified atom stereocenters. The van der Waals surface area contributed by atoms with Crippen molar-refractivity contribution in [2.75, 3.05) is 6.26 Å². The molecule has 3 aromatic carbocycles. The standard InChI is InChI=1S/C17H16N2O4S.C2H6.CH4O3S/c1-11-6-5-7-12-10-14(24(21,22)23)16(17(20)15(11)12)19-18-13-8-3-2-4-9-13;1-2;1-5(2,3)4/h2-10,20-23H,1H3;1-2H3;1H3,(H,2,3,4).